The van der Waals surface area contributed by atoms with E-state index in [4.69, 9.17) is 15.3 Å². The number of aliphatic hydroxyl groups is 2. The van der Waals surface area contributed by atoms with Crippen LogP contribution in [0.4, 0.5) is 74.1 Å². The minimum Gasteiger partial charge on any atom is -0.481 e. The molecule has 4 N–H and O–H groups in total. The summed E-state index contributed by atoms with van der Waals surface area (Å²) in [5.41, 5.74) is -1.72. The number of alkyl halides is 12. The molecule has 0 unspecified atom stereocenters. The molecule has 0 aliphatic carbocycles. The molecule has 0 bridgehead atoms. The Hall–Kier alpha value is -3.89. The summed E-state index contributed by atoms with van der Waals surface area (Å²) in [5.74, 6) is -2.22. The molecule has 10 nitrogen and oxygen atoms in total. The number of ether oxygens (including phenoxy) is 1. The molecule has 4 aliphatic rings. The summed E-state index contributed by atoms with van der Waals surface area (Å²) in [6, 6.07) is 12.7. The molecule has 27 heteroatoms. The maximum atomic E-state index is 12.6. The summed E-state index contributed by atoms with van der Waals surface area (Å²) in [6.45, 7) is 4.84. The quantitative estimate of drug-likeness (QED) is 0.105. The van der Waals surface area contributed by atoms with Crippen LogP contribution in [0.3, 0.4) is 0 Å². The Bertz CT molecular complexity index is 2460. The molecule has 4 aromatic carbocycles. The fraction of sp³-hybridized carbons (Fsp3) is 0.422. The van der Waals surface area contributed by atoms with Gasteiger partial charge < -0.3 is 40.1 Å². The molecule has 4 saturated heterocycles. The van der Waals surface area contributed by atoms with Gasteiger partial charge in [-0.15, -0.1) is 0 Å². The lowest BCUT2D eigenvalue weighted by Gasteiger charge is -2.40. The highest BCUT2D eigenvalue weighted by Gasteiger charge is 2.39. The lowest BCUT2D eigenvalue weighted by Crippen LogP contribution is -2.51. The van der Waals surface area contributed by atoms with Gasteiger partial charge >= 0.3 is 36.6 Å². The largest absolute Gasteiger partial charge is 0.481 e. The van der Waals surface area contributed by atoms with Gasteiger partial charge in [0, 0.05) is 90.8 Å². The van der Waals surface area contributed by atoms with Gasteiger partial charge in [-0.1, -0.05) is 0 Å². The number of aliphatic hydroxyl groups excluding tert-OH is 2. The first kappa shape index (κ1) is 60.7. The van der Waals surface area contributed by atoms with Gasteiger partial charge in [0.05, 0.1) is 62.7 Å². The zero-order valence-corrected chi connectivity index (χ0v) is 43.5. The summed E-state index contributed by atoms with van der Waals surface area (Å²) in [4.78, 5) is 27.0. The first-order valence-electron chi connectivity index (χ1n) is 21.0. The van der Waals surface area contributed by atoms with Crippen molar-refractivity contribution in [2.24, 2.45) is 23.7 Å². The van der Waals surface area contributed by atoms with Gasteiger partial charge in [0.2, 0.25) is 0 Å². The van der Waals surface area contributed by atoms with E-state index in [1.165, 1.54) is 25.3 Å². The van der Waals surface area contributed by atoms with E-state index in [-0.39, 0.29) is 42.0 Å². The number of carbonyl (C=O) groups excluding carboxylic acids is 1. The summed E-state index contributed by atoms with van der Waals surface area (Å²) >= 11 is 12.4. The number of halogens is 17. The molecule has 0 radical (unpaired) electrons. The van der Waals surface area contributed by atoms with Crippen LogP contribution in [0.5, 0.6) is 0 Å². The zero-order chi connectivity index (χ0) is 54.1. The van der Waals surface area contributed by atoms with E-state index in [1.54, 1.807) is 9.80 Å². The van der Waals surface area contributed by atoms with Gasteiger partial charge in [0.25, 0.3) is 0 Å². The van der Waals surface area contributed by atoms with Crippen molar-refractivity contribution in [3.05, 3.63) is 119 Å². The minimum absolute atomic E-state index is 0.0236. The van der Waals surface area contributed by atoms with Crippen molar-refractivity contribution in [1.82, 2.24) is 5.32 Å². The summed E-state index contributed by atoms with van der Waals surface area (Å²) in [7, 11) is 1.30. The Balaban J connectivity index is 0.000000202. The van der Waals surface area contributed by atoms with E-state index in [2.05, 4.69) is 73.8 Å². The number of methoxy groups -OCH3 is 1. The first-order chi connectivity index (χ1) is 33.4. The predicted octanol–water partition coefficient (Wildman–Crippen LogP) is 11.8. The van der Waals surface area contributed by atoms with Crippen LogP contribution in [0, 0.1) is 29.5 Å². The summed E-state index contributed by atoms with van der Waals surface area (Å²) in [5, 5.41) is 29.0. The van der Waals surface area contributed by atoms with Crippen molar-refractivity contribution >= 4 is 92.7 Å². The van der Waals surface area contributed by atoms with E-state index < -0.39 is 64.7 Å². The van der Waals surface area contributed by atoms with E-state index >= 15 is 0 Å². The highest BCUT2D eigenvalue weighted by atomic mass is 79.9. The van der Waals surface area contributed by atoms with Crippen LogP contribution in [-0.4, -0.2) is 99.9 Å². The van der Waals surface area contributed by atoms with Crippen LogP contribution in [0.1, 0.15) is 22.3 Å². The summed E-state index contributed by atoms with van der Waals surface area (Å²) < 4.78 is 168. The van der Waals surface area contributed by atoms with Crippen molar-refractivity contribution in [2.45, 2.75) is 24.7 Å². The second kappa shape index (κ2) is 25.6. The van der Waals surface area contributed by atoms with Gasteiger partial charge in [0.15, 0.2) is 0 Å². The Morgan fingerprint density at radius 1 is 0.542 bits per heavy atom. The third kappa shape index (κ3) is 17.1. The standard InChI is InChI=1S/C12H11BrF3NO2.C11H9BrF3NO2.C11H11BrF3NO.C7H3BrF4.C4H9NO/c1-19-11(18)7-5-17(6-7)10-4-8(12(14,15)16)2-3-9(10)13;12-8-2-1-7(11(13,14)15)3-9(8)16-4-6(5-16)10(17)18;12-9-2-1-8(11(13,14)15)3-10(9)16-4-7(5-16)6-17;8-5-2-1-4(3-6(5)9)7(10,11)12;6-3-4-1-5-2-4/h2-4,7H,5-6H2,1H3;1-3,6H,4-5H2,(H,17,18);1-3,7,17H,4-6H2;1-3H;4-6H,1-3H2. The van der Waals surface area contributed by atoms with Gasteiger partial charge in [-0.05, 0) is 137 Å². The number of benzene rings is 4. The fourth-order valence-corrected chi connectivity index (χ4v) is 8.39. The van der Waals surface area contributed by atoms with Crippen LogP contribution in [0.2, 0.25) is 0 Å². The molecule has 4 fully saturated rings. The van der Waals surface area contributed by atoms with Crippen LogP contribution in [-0.2, 0) is 39.0 Å². The highest BCUT2D eigenvalue weighted by molar-refractivity contribution is 9.11. The van der Waals surface area contributed by atoms with Crippen molar-refractivity contribution in [3.8, 4) is 0 Å². The molecule has 0 spiro atoms. The topological polar surface area (TPSA) is 126 Å². The summed E-state index contributed by atoms with van der Waals surface area (Å²) in [6.07, 6.45) is -17.6. The number of nitrogens with one attached hydrogen (secondary N) is 1. The molecule has 0 saturated carbocycles. The molecule has 72 heavy (non-hydrogen) atoms. The van der Waals surface area contributed by atoms with Crippen molar-refractivity contribution < 1.29 is 86.7 Å². The number of rotatable bonds is 7. The van der Waals surface area contributed by atoms with Crippen LogP contribution in [0.15, 0.2) is 90.7 Å². The Labute approximate surface area is 437 Å². The Morgan fingerprint density at radius 2 is 0.861 bits per heavy atom. The number of nitrogens with zero attached hydrogens (tertiary/aromatic N) is 3. The van der Waals surface area contributed by atoms with E-state index in [0.29, 0.717) is 75.3 Å². The smallest absolute Gasteiger partial charge is 0.416 e. The van der Waals surface area contributed by atoms with Crippen molar-refractivity contribution in [3.63, 3.8) is 0 Å². The van der Waals surface area contributed by atoms with Gasteiger partial charge in [-0.25, -0.2) is 4.39 Å². The molecule has 398 valence electrons. The molecule has 4 heterocycles. The number of esters is 1. The lowest BCUT2D eigenvalue weighted by molar-refractivity contribution is -0.146. The molecular formula is C45H43Br4F13N4O6. The first-order valence-corrected chi connectivity index (χ1v) is 24.1. The molecule has 8 rings (SSSR count). The van der Waals surface area contributed by atoms with Gasteiger partial charge in [-0.3, -0.25) is 9.59 Å². The number of anilines is 3. The van der Waals surface area contributed by atoms with Crippen LogP contribution >= 0.6 is 63.7 Å². The molecule has 0 amide bonds. The van der Waals surface area contributed by atoms with Crippen molar-refractivity contribution in [1.29, 1.82) is 0 Å². The normalized spacial score (nSPS) is 16.4. The van der Waals surface area contributed by atoms with Crippen LogP contribution < -0.4 is 20.0 Å². The average Bonchev–Trinajstić information content (AvgIpc) is 3.21. The third-order valence-corrected chi connectivity index (χ3v) is 13.7. The third-order valence-electron chi connectivity index (χ3n) is 11.1. The Morgan fingerprint density at radius 3 is 1.12 bits per heavy atom. The minimum atomic E-state index is -4.48. The highest BCUT2D eigenvalue weighted by Crippen LogP contribution is 2.41. The molecule has 0 aromatic heterocycles. The monoisotopic (exact) mass is 1300 g/mol. The van der Waals surface area contributed by atoms with Gasteiger partial charge in [0.1, 0.15) is 5.82 Å². The molecule has 4 aromatic rings. The molecular weight excluding hydrogens is 1260 g/mol. The number of aliphatic carboxylic acids is 1. The maximum Gasteiger partial charge on any atom is 0.416 e. The lowest BCUT2D eigenvalue weighted by atomic mass is 9.99. The van der Waals surface area contributed by atoms with E-state index in [9.17, 15) is 66.7 Å². The van der Waals surface area contributed by atoms with E-state index in [0.717, 1.165) is 61.6 Å². The number of hydrogen-bond acceptors (Lipinski definition) is 9. The number of carboxylic acids is 1. The number of carbonyl (C=O) groups is 2. The SMILES string of the molecule is COC(=O)C1CN(c2cc(C(F)(F)F)ccc2Br)C1.Fc1cc(C(F)(F)F)ccc1Br.O=C(O)C1CN(c2cc(C(F)(F)F)ccc2Br)C1.OCC1CN(c2cc(C(F)(F)F)ccc2Br)C1.OCC1CNC1. The molecule has 4 aliphatic heterocycles. The zero-order valence-electron chi connectivity index (χ0n) is 37.1. The van der Waals surface area contributed by atoms with Crippen LogP contribution in [0.25, 0.3) is 0 Å². The van der Waals surface area contributed by atoms with Crippen molar-refractivity contribution in [2.75, 3.05) is 87.4 Å². The number of carboxylic acid groups (broad SMARTS) is 1. The maximum absolute atomic E-state index is 12.6. The fourth-order valence-electron chi connectivity index (χ4n) is 6.65. The number of hydrogen-bond donors (Lipinski definition) is 4. The second-order valence-corrected chi connectivity index (χ2v) is 19.8. The predicted molar refractivity (Wildman–Crippen MR) is 254 cm³/mol. The molecule has 0 atom stereocenters. The Kier molecular flexibility index (Phi) is 21.5. The van der Waals surface area contributed by atoms with E-state index in [1.807, 2.05) is 4.90 Å². The average molecular weight is 1300 g/mol. The van der Waals surface area contributed by atoms with Gasteiger partial charge in [-0.2, -0.15) is 52.7 Å². The second-order valence-electron chi connectivity index (χ2n) is 16.3.